The van der Waals surface area contributed by atoms with Crippen LogP contribution < -0.4 is 4.12 Å². The zero-order chi connectivity index (χ0) is 15.7. The van der Waals surface area contributed by atoms with Crippen molar-refractivity contribution >= 4 is 37.3 Å². The molecule has 0 saturated carbocycles. The molecule has 0 atom stereocenters. The van der Waals surface area contributed by atoms with Gasteiger partial charge in [-0.15, -0.1) is 0 Å². The van der Waals surface area contributed by atoms with Gasteiger partial charge in [0.1, 0.15) is 0 Å². The molecule has 0 amide bonds. The SMILES string of the molecule is c1ccc(C[S][Ga]([S]Cc2ccccc2)[c]2ccccc2)cc1. The first-order valence-corrected chi connectivity index (χ1v) is 17.0. The van der Waals surface area contributed by atoms with Gasteiger partial charge >= 0.3 is 151 Å². The summed E-state index contributed by atoms with van der Waals surface area (Å²) in [5, 5.41) is 0. The van der Waals surface area contributed by atoms with Gasteiger partial charge in [0, 0.05) is 0 Å². The van der Waals surface area contributed by atoms with Crippen molar-refractivity contribution < 1.29 is 0 Å². The van der Waals surface area contributed by atoms with E-state index in [0.717, 1.165) is 11.5 Å². The van der Waals surface area contributed by atoms with Crippen LogP contribution >= 0.6 is 19.4 Å². The van der Waals surface area contributed by atoms with E-state index < -0.39 is 13.8 Å². The van der Waals surface area contributed by atoms with Crippen LogP contribution in [0.15, 0.2) is 91.0 Å². The summed E-state index contributed by atoms with van der Waals surface area (Å²) in [5.74, 6) is 2.25. The zero-order valence-electron chi connectivity index (χ0n) is 13.0. The molecular weight excluding hydrogens is 374 g/mol. The molecular formula is C20H19GaS2. The fraction of sp³-hybridized carbons (Fsp3) is 0.100. The molecule has 0 bridgehead atoms. The summed E-state index contributed by atoms with van der Waals surface area (Å²) < 4.78 is 1.59. The third-order valence-electron chi connectivity index (χ3n) is 3.56. The van der Waals surface area contributed by atoms with Crippen molar-refractivity contribution in [2.24, 2.45) is 0 Å². The second-order valence-electron chi connectivity index (χ2n) is 5.34. The predicted octanol–water partition coefficient (Wildman–Crippen LogP) is 5.25. The van der Waals surface area contributed by atoms with Crippen molar-refractivity contribution in [3.63, 3.8) is 0 Å². The van der Waals surface area contributed by atoms with E-state index in [9.17, 15) is 0 Å². The summed E-state index contributed by atoms with van der Waals surface area (Å²) in [6.07, 6.45) is 0. The van der Waals surface area contributed by atoms with Gasteiger partial charge in [-0.25, -0.2) is 0 Å². The van der Waals surface area contributed by atoms with E-state index in [4.69, 9.17) is 0 Å². The van der Waals surface area contributed by atoms with Crippen molar-refractivity contribution in [3.05, 3.63) is 102 Å². The van der Waals surface area contributed by atoms with Gasteiger partial charge in [-0.1, -0.05) is 0 Å². The van der Waals surface area contributed by atoms with E-state index >= 15 is 0 Å². The molecule has 3 aromatic rings. The van der Waals surface area contributed by atoms with Gasteiger partial charge in [0.2, 0.25) is 0 Å². The van der Waals surface area contributed by atoms with E-state index in [2.05, 4.69) is 110 Å². The van der Waals surface area contributed by atoms with Gasteiger partial charge in [-0.2, -0.15) is 0 Å². The number of hydrogen-bond donors (Lipinski definition) is 0. The predicted molar refractivity (Wildman–Crippen MR) is 107 cm³/mol. The zero-order valence-corrected chi connectivity index (χ0v) is 17.0. The van der Waals surface area contributed by atoms with Crippen molar-refractivity contribution in [2.75, 3.05) is 0 Å². The van der Waals surface area contributed by atoms with Crippen molar-refractivity contribution in [2.45, 2.75) is 11.5 Å². The average molecular weight is 393 g/mol. The van der Waals surface area contributed by atoms with Crippen molar-refractivity contribution in [1.29, 1.82) is 0 Å². The monoisotopic (exact) mass is 392 g/mol. The summed E-state index contributed by atoms with van der Waals surface area (Å²) in [4.78, 5) is 0. The molecule has 3 heteroatoms. The molecule has 0 aromatic heterocycles. The Kier molecular flexibility index (Phi) is 6.83. The second-order valence-corrected chi connectivity index (χ2v) is 20.0. The number of rotatable bonds is 7. The molecule has 3 aromatic carbocycles. The van der Waals surface area contributed by atoms with Gasteiger partial charge < -0.3 is 0 Å². The van der Waals surface area contributed by atoms with E-state index in [1.54, 1.807) is 4.12 Å². The molecule has 0 unspecified atom stereocenters. The quantitative estimate of drug-likeness (QED) is 0.503. The van der Waals surface area contributed by atoms with Crippen molar-refractivity contribution in [3.8, 4) is 0 Å². The van der Waals surface area contributed by atoms with Gasteiger partial charge in [0.25, 0.3) is 0 Å². The normalized spacial score (nSPS) is 10.4. The Hall–Kier alpha value is -1.00. The second kappa shape index (κ2) is 9.33. The van der Waals surface area contributed by atoms with Gasteiger partial charge in [0.05, 0.1) is 0 Å². The Morgan fingerprint density at radius 1 is 0.522 bits per heavy atom. The first kappa shape index (κ1) is 16.8. The minimum absolute atomic E-state index is 1.13. The van der Waals surface area contributed by atoms with Gasteiger partial charge in [0.15, 0.2) is 0 Å². The van der Waals surface area contributed by atoms with Crippen LogP contribution in [0.25, 0.3) is 0 Å². The molecule has 114 valence electrons. The Morgan fingerprint density at radius 3 is 1.35 bits per heavy atom. The summed E-state index contributed by atoms with van der Waals surface area (Å²) >= 11 is -1.64. The van der Waals surface area contributed by atoms with Gasteiger partial charge in [-0.05, 0) is 0 Å². The van der Waals surface area contributed by atoms with Crippen LogP contribution in [0.3, 0.4) is 0 Å². The van der Waals surface area contributed by atoms with Crippen LogP contribution in [0.1, 0.15) is 11.1 Å². The Bertz CT molecular complexity index is 643. The summed E-state index contributed by atoms with van der Waals surface area (Å²) in [6.45, 7) is 0. The van der Waals surface area contributed by atoms with Crippen LogP contribution in [-0.2, 0) is 11.5 Å². The molecule has 0 aliphatic rings. The van der Waals surface area contributed by atoms with Crippen molar-refractivity contribution in [1.82, 2.24) is 0 Å². The molecule has 0 heterocycles. The van der Waals surface area contributed by atoms with E-state index in [1.165, 1.54) is 11.1 Å². The molecule has 0 N–H and O–H groups in total. The molecule has 23 heavy (non-hydrogen) atoms. The van der Waals surface area contributed by atoms with E-state index in [1.807, 2.05) is 0 Å². The Balaban J connectivity index is 1.66. The molecule has 0 saturated heterocycles. The molecule has 0 aliphatic carbocycles. The minimum atomic E-state index is -1.64. The molecule has 0 aliphatic heterocycles. The molecule has 3 rings (SSSR count). The maximum atomic E-state index is 2.32. The van der Waals surface area contributed by atoms with Crippen LogP contribution in [0, 0.1) is 0 Å². The maximum absolute atomic E-state index is 2.32. The fourth-order valence-electron chi connectivity index (χ4n) is 2.34. The first-order valence-electron chi connectivity index (χ1n) is 7.78. The summed E-state index contributed by atoms with van der Waals surface area (Å²) in [5.41, 5.74) is 2.87. The van der Waals surface area contributed by atoms with Crippen LogP contribution in [0.2, 0.25) is 0 Å². The molecule has 0 spiro atoms. The third kappa shape index (κ3) is 5.54. The average Bonchev–Trinajstić information content (AvgIpc) is 2.64. The standard InChI is InChI=1S/2C7H8S.C6H5.Ga/c2*8-6-7-4-2-1-3-5-7;1-2-4-6-5-3-1;/h2*1-5,8H,6H2;1-5H;/q;;;+2/p-2. The van der Waals surface area contributed by atoms with Crippen LogP contribution in [-0.4, -0.2) is 13.8 Å². The first-order chi connectivity index (χ1) is 11.4. The fourth-order valence-corrected chi connectivity index (χ4v) is 17.6. The van der Waals surface area contributed by atoms with E-state index in [-0.39, 0.29) is 0 Å². The van der Waals surface area contributed by atoms with Gasteiger partial charge in [-0.3, -0.25) is 0 Å². The Morgan fingerprint density at radius 2 is 0.913 bits per heavy atom. The molecule has 0 fully saturated rings. The number of hydrogen-bond acceptors (Lipinski definition) is 2. The Labute approximate surface area is 150 Å². The van der Waals surface area contributed by atoms with E-state index in [0.29, 0.717) is 0 Å². The summed E-state index contributed by atoms with van der Waals surface area (Å²) in [7, 11) is 4.39. The van der Waals surface area contributed by atoms with Crippen LogP contribution in [0.5, 0.6) is 0 Å². The molecule has 0 radical (unpaired) electrons. The third-order valence-corrected chi connectivity index (χ3v) is 20.1. The number of benzene rings is 3. The topological polar surface area (TPSA) is 0 Å². The van der Waals surface area contributed by atoms with Crippen LogP contribution in [0.4, 0.5) is 0 Å². The summed E-state index contributed by atoms with van der Waals surface area (Å²) in [6, 6.07) is 32.8. The molecule has 0 nitrogen and oxygen atoms in total.